The minimum absolute atomic E-state index is 0.366. The van der Waals surface area contributed by atoms with Crippen molar-refractivity contribution in [3.05, 3.63) is 49.3 Å². The van der Waals surface area contributed by atoms with E-state index in [9.17, 15) is 22.8 Å². The number of hydrogen-bond acceptors (Lipinski definition) is 5. The zero-order valence-corrected chi connectivity index (χ0v) is 14.8. The maximum absolute atomic E-state index is 13.3. The maximum atomic E-state index is 13.3. The molecular weight excluding hydrogens is 369 g/mol. The molecule has 1 aliphatic rings. The summed E-state index contributed by atoms with van der Waals surface area (Å²) in [4.78, 5) is 30.9. The number of aromatic nitrogens is 2. The third kappa shape index (κ3) is 3.98. The molecule has 1 N–H and O–H groups in total. The first kappa shape index (κ1) is 18.6. The first-order valence-corrected chi connectivity index (χ1v) is 9.08. The lowest BCUT2D eigenvalue weighted by Crippen LogP contribution is -2.29. The number of alkyl halides is 3. The van der Waals surface area contributed by atoms with Crippen LogP contribution in [0.25, 0.3) is 0 Å². The SMILES string of the molecule is Cc1csc(C(OC(=O)c2cc3c([nH]c2=O)CCCCC3)C(F)(F)F)n1. The zero-order chi connectivity index (χ0) is 18.9. The molecule has 0 radical (unpaired) electrons. The Balaban J connectivity index is 1.91. The van der Waals surface area contributed by atoms with E-state index < -0.39 is 29.4 Å². The van der Waals surface area contributed by atoms with Crippen LogP contribution < -0.4 is 5.56 Å². The lowest BCUT2D eigenvalue weighted by molar-refractivity contribution is -0.207. The molecule has 1 aliphatic carbocycles. The van der Waals surface area contributed by atoms with Crippen molar-refractivity contribution in [2.24, 2.45) is 0 Å². The van der Waals surface area contributed by atoms with Gasteiger partial charge in [-0.05, 0) is 44.2 Å². The summed E-state index contributed by atoms with van der Waals surface area (Å²) < 4.78 is 44.6. The van der Waals surface area contributed by atoms with Gasteiger partial charge >= 0.3 is 12.1 Å². The van der Waals surface area contributed by atoms with E-state index in [-0.39, 0.29) is 5.01 Å². The van der Waals surface area contributed by atoms with Crippen LogP contribution >= 0.6 is 11.3 Å². The van der Waals surface area contributed by atoms with Crippen molar-refractivity contribution in [3.8, 4) is 0 Å². The van der Waals surface area contributed by atoms with Gasteiger partial charge in [-0.25, -0.2) is 9.78 Å². The van der Waals surface area contributed by atoms with E-state index >= 15 is 0 Å². The fourth-order valence-electron chi connectivity index (χ4n) is 2.92. The second-order valence-electron chi connectivity index (χ2n) is 6.23. The molecule has 0 amide bonds. The minimum atomic E-state index is -4.82. The van der Waals surface area contributed by atoms with Crippen LogP contribution in [0.5, 0.6) is 0 Å². The van der Waals surface area contributed by atoms with Crippen molar-refractivity contribution in [3.63, 3.8) is 0 Å². The second kappa shape index (κ2) is 7.22. The molecule has 140 valence electrons. The summed E-state index contributed by atoms with van der Waals surface area (Å²) in [6, 6.07) is 1.36. The van der Waals surface area contributed by atoms with Crippen molar-refractivity contribution in [1.82, 2.24) is 9.97 Å². The summed E-state index contributed by atoms with van der Waals surface area (Å²) in [6.07, 6.45) is -3.14. The highest BCUT2D eigenvalue weighted by atomic mass is 32.1. The first-order valence-electron chi connectivity index (χ1n) is 8.20. The van der Waals surface area contributed by atoms with Crippen LogP contribution in [0.2, 0.25) is 0 Å². The predicted octanol–water partition coefficient (Wildman–Crippen LogP) is 3.87. The van der Waals surface area contributed by atoms with Crippen molar-refractivity contribution in [2.45, 2.75) is 51.3 Å². The molecular formula is C17H17F3N2O3S. The largest absolute Gasteiger partial charge is 0.441 e. The molecule has 1 unspecified atom stereocenters. The Bertz CT molecular complexity index is 873. The van der Waals surface area contributed by atoms with Gasteiger partial charge in [0, 0.05) is 16.8 Å². The number of esters is 1. The molecule has 2 aromatic heterocycles. The van der Waals surface area contributed by atoms with Gasteiger partial charge in [0.05, 0.1) is 0 Å². The monoisotopic (exact) mass is 386 g/mol. The van der Waals surface area contributed by atoms with Gasteiger partial charge in [-0.1, -0.05) is 6.42 Å². The number of hydrogen-bond donors (Lipinski definition) is 1. The summed E-state index contributed by atoms with van der Waals surface area (Å²) >= 11 is 0.757. The quantitative estimate of drug-likeness (QED) is 0.642. The van der Waals surface area contributed by atoms with Crippen LogP contribution in [0.1, 0.15) is 57.7 Å². The minimum Gasteiger partial charge on any atom is -0.441 e. The van der Waals surface area contributed by atoms with Gasteiger partial charge in [0.15, 0.2) is 0 Å². The number of aryl methyl sites for hydroxylation is 3. The Morgan fingerprint density at radius 1 is 1.31 bits per heavy atom. The Morgan fingerprint density at radius 3 is 2.69 bits per heavy atom. The molecule has 0 spiro atoms. The van der Waals surface area contributed by atoms with E-state index in [2.05, 4.69) is 14.7 Å². The van der Waals surface area contributed by atoms with Gasteiger partial charge in [0.25, 0.3) is 5.56 Å². The zero-order valence-electron chi connectivity index (χ0n) is 14.0. The van der Waals surface area contributed by atoms with Gasteiger partial charge < -0.3 is 9.72 Å². The van der Waals surface area contributed by atoms with Crippen molar-refractivity contribution < 1.29 is 22.7 Å². The number of halogens is 3. The number of aromatic amines is 1. The molecule has 5 nitrogen and oxygen atoms in total. The van der Waals surface area contributed by atoms with Crippen LogP contribution in [-0.4, -0.2) is 22.1 Å². The highest BCUT2D eigenvalue weighted by molar-refractivity contribution is 7.09. The predicted molar refractivity (Wildman–Crippen MR) is 89.4 cm³/mol. The average Bonchev–Trinajstić information content (AvgIpc) is 2.85. The number of nitrogens with one attached hydrogen (secondary N) is 1. The summed E-state index contributed by atoms with van der Waals surface area (Å²) in [7, 11) is 0. The lowest BCUT2D eigenvalue weighted by Gasteiger charge is -2.18. The van der Waals surface area contributed by atoms with Gasteiger partial charge in [-0.3, -0.25) is 4.79 Å². The van der Waals surface area contributed by atoms with E-state index in [4.69, 9.17) is 0 Å². The van der Waals surface area contributed by atoms with Crippen LogP contribution in [0.15, 0.2) is 16.2 Å². The average molecular weight is 386 g/mol. The maximum Gasteiger partial charge on any atom is 0.432 e. The highest BCUT2D eigenvalue weighted by Gasteiger charge is 2.46. The van der Waals surface area contributed by atoms with E-state index in [1.165, 1.54) is 11.4 Å². The van der Waals surface area contributed by atoms with Crippen LogP contribution in [0, 0.1) is 6.92 Å². The number of H-pyrrole nitrogens is 1. The Kier molecular flexibility index (Phi) is 5.17. The van der Waals surface area contributed by atoms with Gasteiger partial charge in [0.1, 0.15) is 10.6 Å². The topological polar surface area (TPSA) is 72.1 Å². The second-order valence-corrected chi connectivity index (χ2v) is 7.12. The molecule has 1 atom stereocenters. The summed E-state index contributed by atoms with van der Waals surface area (Å²) in [5.41, 5.74) is 0.785. The fourth-order valence-corrected chi connectivity index (χ4v) is 3.77. The molecule has 3 rings (SSSR count). The number of nitrogens with zero attached hydrogens (tertiary/aromatic N) is 1. The lowest BCUT2D eigenvalue weighted by atomic mass is 10.1. The van der Waals surface area contributed by atoms with Crippen LogP contribution in [0.4, 0.5) is 13.2 Å². The highest BCUT2D eigenvalue weighted by Crippen LogP contribution is 2.37. The van der Waals surface area contributed by atoms with Crippen molar-refractivity contribution in [2.75, 3.05) is 0 Å². The number of ether oxygens (including phenoxy) is 1. The molecule has 26 heavy (non-hydrogen) atoms. The Hall–Kier alpha value is -2.16. The standard InChI is InChI=1S/C17H17F3N2O3S/c1-9-8-26-15(21-9)13(17(18,19)20)25-16(24)11-7-10-5-3-2-4-6-12(10)22-14(11)23/h7-8,13H,2-6H2,1H3,(H,22,23). The number of rotatable bonds is 3. The third-order valence-corrected chi connectivity index (χ3v) is 5.20. The fraction of sp³-hybridized carbons (Fsp3) is 0.471. The summed E-state index contributed by atoms with van der Waals surface area (Å²) in [5.74, 6) is -1.30. The van der Waals surface area contributed by atoms with E-state index in [0.29, 0.717) is 18.5 Å². The number of pyridine rings is 1. The van der Waals surface area contributed by atoms with Crippen LogP contribution in [-0.2, 0) is 17.6 Å². The van der Waals surface area contributed by atoms with Crippen molar-refractivity contribution in [1.29, 1.82) is 0 Å². The summed E-state index contributed by atoms with van der Waals surface area (Å²) in [5, 5.41) is 1.08. The smallest absolute Gasteiger partial charge is 0.432 e. The molecule has 0 aliphatic heterocycles. The Labute approximate surface area is 151 Å². The summed E-state index contributed by atoms with van der Waals surface area (Å²) in [6.45, 7) is 1.55. The first-order chi connectivity index (χ1) is 12.3. The van der Waals surface area contributed by atoms with Gasteiger partial charge in [-0.2, -0.15) is 13.2 Å². The molecule has 9 heteroatoms. The van der Waals surface area contributed by atoms with Crippen molar-refractivity contribution >= 4 is 17.3 Å². The normalized spacial score (nSPS) is 15.8. The van der Waals surface area contributed by atoms with E-state index in [0.717, 1.165) is 41.9 Å². The number of fused-ring (bicyclic) bond motifs is 1. The Morgan fingerprint density at radius 2 is 2.04 bits per heavy atom. The molecule has 2 heterocycles. The molecule has 0 saturated heterocycles. The van der Waals surface area contributed by atoms with E-state index in [1.807, 2.05) is 0 Å². The van der Waals surface area contributed by atoms with Crippen LogP contribution in [0.3, 0.4) is 0 Å². The number of thiazole rings is 1. The molecule has 2 aromatic rings. The number of carbonyl (C=O) groups is 1. The number of carbonyl (C=O) groups excluding carboxylic acids is 1. The molecule has 0 fully saturated rings. The van der Waals surface area contributed by atoms with Gasteiger partial charge in [0.2, 0.25) is 6.10 Å². The molecule has 0 bridgehead atoms. The molecule has 0 saturated carbocycles. The molecule has 0 aromatic carbocycles. The third-order valence-electron chi connectivity index (χ3n) is 4.19. The van der Waals surface area contributed by atoms with Gasteiger partial charge in [-0.15, -0.1) is 11.3 Å². The van der Waals surface area contributed by atoms with E-state index in [1.54, 1.807) is 6.92 Å².